The predicted octanol–water partition coefficient (Wildman–Crippen LogP) is 6.65. The number of nitrogens with one attached hydrogen (secondary N) is 2. The molecule has 11 heteroatoms. The Morgan fingerprint density at radius 3 is 2.40 bits per heavy atom. The van der Waals surface area contributed by atoms with Gasteiger partial charge in [-0.25, -0.2) is 24.7 Å². The van der Waals surface area contributed by atoms with E-state index in [0.29, 0.717) is 23.0 Å². The Bertz CT molecular complexity index is 1600. The van der Waals surface area contributed by atoms with Crippen LogP contribution in [0.15, 0.2) is 83.9 Å². The van der Waals surface area contributed by atoms with Gasteiger partial charge in [0.25, 0.3) is 0 Å². The third-order valence-corrected chi connectivity index (χ3v) is 7.72. The maximum atomic E-state index is 12.8. The molecule has 3 heterocycles. The number of amidine groups is 1. The number of rotatable bonds is 7. The molecule has 1 saturated heterocycles. The number of urea groups is 1. The van der Waals surface area contributed by atoms with E-state index in [9.17, 15) is 4.79 Å². The van der Waals surface area contributed by atoms with Gasteiger partial charge in [0.2, 0.25) is 0 Å². The number of carbonyl (C=O) groups excluding carboxylic acids is 1. The number of anilines is 2. The molecule has 0 bridgehead atoms. The van der Waals surface area contributed by atoms with Gasteiger partial charge in [0, 0.05) is 36.5 Å². The summed E-state index contributed by atoms with van der Waals surface area (Å²) in [5.74, 6) is 0.915. The summed E-state index contributed by atoms with van der Waals surface area (Å²) in [6, 6.07) is 15.0. The van der Waals surface area contributed by atoms with Gasteiger partial charge in [0.1, 0.15) is 11.6 Å². The molecular weight excluding hydrogens is 548 g/mol. The van der Waals surface area contributed by atoms with Crippen LogP contribution in [-0.4, -0.2) is 39.9 Å². The van der Waals surface area contributed by atoms with Crippen LogP contribution < -0.4 is 26.0 Å². The first-order valence-electron chi connectivity index (χ1n) is 13.7. The normalized spacial score (nSPS) is 13.9. The molecule has 1 aliphatic heterocycles. The van der Waals surface area contributed by atoms with Gasteiger partial charge in [-0.05, 0) is 54.8 Å². The quantitative estimate of drug-likeness (QED) is 0.164. The number of nitrogens with zero attached hydrogens (tertiary/aromatic N) is 5. The maximum Gasteiger partial charge on any atom is 0.324 e. The zero-order valence-corrected chi connectivity index (χ0v) is 24.9. The van der Waals surface area contributed by atoms with E-state index in [-0.39, 0.29) is 11.4 Å². The highest BCUT2D eigenvalue weighted by atomic mass is 32.1. The summed E-state index contributed by atoms with van der Waals surface area (Å²) in [7, 11) is 0. The summed E-state index contributed by atoms with van der Waals surface area (Å²) in [4.78, 5) is 33.9. The zero-order chi connectivity index (χ0) is 29.7. The van der Waals surface area contributed by atoms with Crippen LogP contribution >= 0.6 is 11.3 Å². The molecule has 0 radical (unpaired) electrons. The summed E-state index contributed by atoms with van der Waals surface area (Å²) in [6.45, 7) is 10.1. The maximum absolute atomic E-state index is 12.8. The summed E-state index contributed by atoms with van der Waals surface area (Å²) in [5.41, 5.74) is 9.72. The van der Waals surface area contributed by atoms with Crippen molar-refractivity contribution in [3.8, 4) is 22.2 Å². The molecule has 2 amide bonds. The van der Waals surface area contributed by atoms with Gasteiger partial charge >= 0.3 is 12.0 Å². The molecule has 4 aromatic rings. The number of nitrogens with two attached hydrogens (primary N) is 1. The van der Waals surface area contributed by atoms with Crippen LogP contribution in [0.5, 0.6) is 11.8 Å². The van der Waals surface area contributed by atoms with Crippen molar-refractivity contribution in [3.63, 3.8) is 0 Å². The fourth-order valence-electron chi connectivity index (χ4n) is 3.84. The first-order valence-corrected chi connectivity index (χ1v) is 14.5. The van der Waals surface area contributed by atoms with Crippen LogP contribution in [-0.2, 0) is 0 Å². The molecule has 2 aromatic carbocycles. The van der Waals surface area contributed by atoms with Gasteiger partial charge in [-0.1, -0.05) is 50.3 Å². The number of carbonyl (C=O) groups is 1. The fraction of sp³-hybridized carbons (Fsp3) is 0.258. The van der Waals surface area contributed by atoms with Crippen LogP contribution in [0.2, 0.25) is 0 Å². The number of allylic oxidation sites excluding steroid dienone is 1. The van der Waals surface area contributed by atoms with Crippen molar-refractivity contribution in [1.29, 1.82) is 0 Å². The summed E-state index contributed by atoms with van der Waals surface area (Å²) < 4.78 is 5.81. The van der Waals surface area contributed by atoms with Crippen LogP contribution in [0.25, 0.3) is 10.4 Å². The van der Waals surface area contributed by atoms with Gasteiger partial charge < -0.3 is 20.7 Å². The van der Waals surface area contributed by atoms with Crippen molar-refractivity contribution in [3.05, 3.63) is 84.5 Å². The van der Waals surface area contributed by atoms with E-state index in [2.05, 4.69) is 35.5 Å². The third kappa shape index (κ3) is 7.29. The Kier molecular flexibility index (Phi) is 8.48. The van der Waals surface area contributed by atoms with E-state index < -0.39 is 6.03 Å². The zero-order valence-electron chi connectivity index (χ0n) is 24.1. The molecule has 10 nitrogen and oxygen atoms in total. The highest BCUT2D eigenvalue weighted by Crippen LogP contribution is 2.34. The first-order chi connectivity index (χ1) is 20.1. The van der Waals surface area contributed by atoms with E-state index >= 15 is 0 Å². The summed E-state index contributed by atoms with van der Waals surface area (Å²) in [5, 5.41) is 6.57. The second-order valence-corrected chi connectivity index (χ2v) is 11.9. The second-order valence-electron chi connectivity index (χ2n) is 10.9. The number of aliphatic imine (C=N–C) groups is 1. The third-order valence-electron chi connectivity index (χ3n) is 6.61. The Hall–Kier alpha value is -4.77. The lowest BCUT2D eigenvalue weighted by molar-refractivity contribution is 0.256. The number of hydrogen-bond acceptors (Lipinski definition) is 9. The van der Waals surface area contributed by atoms with E-state index in [1.54, 1.807) is 17.4 Å². The van der Waals surface area contributed by atoms with Gasteiger partial charge in [-0.2, -0.15) is 0 Å². The number of aryl methyl sites for hydroxylation is 1. The molecule has 0 aliphatic carbocycles. The van der Waals surface area contributed by atoms with Crippen LogP contribution in [0.1, 0.15) is 32.8 Å². The molecule has 2 aromatic heterocycles. The molecule has 216 valence electrons. The fourth-order valence-corrected chi connectivity index (χ4v) is 4.81. The van der Waals surface area contributed by atoms with Crippen molar-refractivity contribution < 1.29 is 9.53 Å². The standard InChI is InChI=1S/C31H34N8O2S/c1-20-8-5-6-9-24(20)37-27(16-26(32)31(2,3)4)38-28(40)36-22-17-33-29(34-18-22)41-23-12-10-21(11-13-23)25-19-35-30(42-25)39-14-7-15-39/h5-6,8-13,16-19H,7,14-15,32H2,1-4H3,(H2,36,37,38,40)/b26-16-. The molecule has 0 atom stereocenters. The average Bonchev–Trinajstić information content (AvgIpc) is 3.39. The molecule has 0 unspecified atom stereocenters. The van der Waals surface area contributed by atoms with Crippen molar-refractivity contribution in [1.82, 2.24) is 20.3 Å². The summed E-state index contributed by atoms with van der Waals surface area (Å²) >= 11 is 1.69. The Morgan fingerprint density at radius 2 is 1.76 bits per heavy atom. The number of thiazole rings is 1. The van der Waals surface area contributed by atoms with E-state index in [0.717, 1.165) is 39.9 Å². The molecule has 1 fully saturated rings. The molecule has 0 saturated carbocycles. The number of hydrogen-bond donors (Lipinski definition) is 3. The van der Waals surface area contributed by atoms with Gasteiger partial charge in [0.05, 0.1) is 28.6 Å². The molecular formula is C31H34N8O2S. The second kappa shape index (κ2) is 12.4. The predicted molar refractivity (Wildman–Crippen MR) is 169 cm³/mol. The Labute approximate surface area is 249 Å². The number of ether oxygens (including phenoxy) is 1. The van der Waals surface area contributed by atoms with Crippen molar-refractivity contribution in [2.75, 3.05) is 23.3 Å². The highest BCUT2D eigenvalue weighted by molar-refractivity contribution is 7.18. The molecule has 1 aliphatic rings. The Morgan fingerprint density at radius 1 is 1.05 bits per heavy atom. The van der Waals surface area contributed by atoms with Gasteiger partial charge in [-0.3, -0.25) is 5.32 Å². The van der Waals surface area contributed by atoms with E-state index in [4.69, 9.17) is 10.5 Å². The molecule has 42 heavy (non-hydrogen) atoms. The monoisotopic (exact) mass is 582 g/mol. The van der Waals surface area contributed by atoms with E-state index in [1.807, 2.05) is 82.4 Å². The lowest BCUT2D eigenvalue weighted by atomic mass is 9.92. The number of para-hydroxylation sites is 1. The topological polar surface area (TPSA) is 131 Å². The van der Waals surface area contributed by atoms with Crippen LogP contribution in [0, 0.1) is 12.3 Å². The Balaban J connectivity index is 1.21. The van der Waals surface area contributed by atoms with Crippen molar-refractivity contribution in [2.24, 2.45) is 16.1 Å². The minimum Gasteiger partial charge on any atom is -0.424 e. The van der Waals surface area contributed by atoms with Crippen LogP contribution in [0.3, 0.4) is 0 Å². The SMILES string of the molecule is Cc1ccccc1N=C(/C=C(\N)C(C)(C)C)NC(=O)Nc1cnc(Oc2ccc(-c3cnc(N4CCC4)s3)cc2)nc1. The molecule has 4 N–H and O–H groups in total. The lowest BCUT2D eigenvalue weighted by Crippen LogP contribution is -2.36. The lowest BCUT2D eigenvalue weighted by Gasteiger charge is -2.30. The number of amides is 2. The molecule has 0 spiro atoms. The van der Waals surface area contributed by atoms with Crippen molar-refractivity contribution >= 4 is 39.7 Å². The van der Waals surface area contributed by atoms with Crippen LogP contribution in [0.4, 0.5) is 21.3 Å². The van der Waals surface area contributed by atoms with E-state index in [1.165, 1.54) is 18.8 Å². The number of aromatic nitrogens is 3. The number of benzene rings is 2. The van der Waals surface area contributed by atoms with Gasteiger partial charge in [0.15, 0.2) is 5.13 Å². The molecule has 5 rings (SSSR count). The minimum atomic E-state index is -0.506. The minimum absolute atomic E-state index is 0.161. The van der Waals surface area contributed by atoms with Gasteiger partial charge in [-0.15, -0.1) is 0 Å². The first kappa shape index (κ1) is 28.7. The largest absolute Gasteiger partial charge is 0.424 e. The van der Waals surface area contributed by atoms with Crippen molar-refractivity contribution in [2.45, 2.75) is 34.1 Å². The smallest absolute Gasteiger partial charge is 0.324 e. The average molecular weight is 583 g/mol. The summed E-state index contributed by atoms with van der Waals surface area (Å²) in [6.07, 6.45) is 7.75. The highest BCUT2D eigenvalue weighted by Gasteiger charge is 2.18.